The van der Waals surface area contributed by atoms with Crippen LogP contribution in [0.25, 0.3) is 0 Å². The SMILES string of the molecule is CCc1nc(N)ncc1C(=O)NCc1ccc(CNC(=O)c2sccc2OC(F)F)c(F)c1. The molecule has 0 bridgehead atoms. The van der Waals surface area contributed by atoms with Gasteiger partial charge in [0.15, 0.2) is 0 Å². The molecule has 12 heteroatoms. The first-order chi connectivity index (χ1) is 15.8. The molecule has 0 saturated carbocycles. The largest absolute Gasteiger partial charge is 0.433 e. The van der Waals surface area contributed by atoms with Crippen molar-refractivity contribution >= 4 is 29.1 Å². The molecule has 0 aliphatic rings. The van der Waals surface area contributed by atoms with Crippen LogP contribution in [0.2, 0.25) is 0 Å². The molecule has 3 aromatic rings. The Hall–Kier alpha value is -3.67. The Kier molecular flexibility index (Phi) is 7.83. The summed E-state index contributed by atoms with van der Waals surface area (Å²) in [4.78, 5) is 32.5. The third kappa shape index (κ3) is 6.19. The Bertz CT molecular complexity index is 1160. The number of rotatable bonds is 9. The minimum atomic E-state index is -3.06. The van der Waals surface area contributed by atoms with Gasteiger partial charge in [-0.3, -0.25) is 9.59 Å². The molecule has 8 nitrogen and oxygen atoms in total. The average molecular weight is 479 g/mol. The van der Waals surface area contributed by atoms with Gasteiger partial charge < -0.3 is 21.1 Å². The van der Waals surface area contributed by atoms with Gasteiger partial charge in [-0.15, -0.1) is 11.3 Å². The van der Waals surface area contributed by atoms with Crippen LogP contribution in [0.15, 0.2) is 35.8 Å². The molecule has 0 fully saturated rings. The van der Waals surface area contributed by atoms with E-state index in [1.807, 2.05) is 6.92 Å². The van der Waals surface area contributed by atoms with E-state index < -0.39 is 24.2 Å². The number of carbonyl (C=O) groups is 2. The Morgan fingerprint density at radius 3 is 2.64 bits per heavy atom. The van der Waals surface area contributed by atoms with Gasteiger partial charge in [-0.25, -0.2) is 14.4 Å². The molecule has 33 heavy (non-hydrogen) atoms. The molecule has 4 N–H and O–H groups in total. The highest BCUT2D eigenvalue weighted by Gasteiger charge is 2.18. The summed E-state index contributed by atoms with van der Waals surface area (Å²) in [6.45, 7) is -1.33. The normalized spacial score (nSPS) is 10.8. The zero-order chi connectivity index (χ0) is 24.0. The molecule has 0 unspecified atom stereocenters. The maximum Gasteiger partial charge on any atom is 0.387 e. The van der Waals surface area contributed by atoms with Crippen molar-refractivity contribution < 1.29 is 27.5 Å². The molecule has 0 atom stereocenters. The van der Waals surface area contributed by atoms with E-state index in [0.717, 1.165) is 11.3 Å². The third-order valence-corrected chi connectivity index (χ3v) is 5.42. The van der Waals surface area contributed by atoms with Gasteiger partial charge in [0.25, 0.3) is 11.8 Å². The van der Waals surface area contributed by atoms with Crippen molar-refractivity contribution in [3.05, 3.63) is 68.9 Å². The highest BCUT2D eigenvalue weighted by Crippen LogP contribution is 2.26. The van der Waals surface area contributed by atoms with Crippen LogP contribution in [0.1, 0.15) is 43.8 Å². The van der Waals surface area contributed by atoms with Gasteiger partial charge >= 0.3 is 6.61 Å². The monoisotopic (exact) mass is 479 g/mol. The molecular formula is C21H20F3N5O3S. The number of hydrogen-bond donors (Lipinski definition) is 3. The van der Waals surface area contributed by atoms with Crippen LogP contribution in [0, 0.1) is 5.82 Å². The molecule has 0 radical (unpaired) electrons. The highest BCUT2D eigenvalue weighted by atomic mass is 32.1. The number of hydrogen-bond acceptors (Lipinski definition) is 7. The number of amides is 2. The topological polar surface area (TPSA) is 119 Å². The number of aromatic nitrogens is 2. The second-order valence-electron chi connectivity index (χ2n) is 6.73. The van der Waals surface area contributed by atoms with Gasteiger partial charge in [-0.05, 0) is 29.5 Å². The first kappa shape index (κ1) is 24.0. The number of carbonyl (C=O) groups excluding carboxylic acids is 2. The van der Waals surface area contributed by atoms with Crippen LogP contribution in [-0.2, 0) is 19.5 Å². The zero-order valence-electron chi connectivity index (χ0n) is 17.4. The lowest BCUT2D eigenvalue weighted by atomic mass is 10.1. The maximum absolute atomic E-state index is 14.5. The number of alkyl halides is 2. The molecule has 0 saturated heterocycles. The van der Waals surface area contributed by atoms with Gasteiger partial charge in [0.1, 0.15) is 16.4 Å². The number of anilines is 1. The van der Waals surface area contributed by atoms with E-state index in [0.29, 0.717) is 17.7 Å². The molecule has 2 amide bonds. The van der Waals surface area contributed by atoms with Crippen molar-refractivity contribution in [2.24, 2.45) is 0 Å². The number of ether oxygens (including phenoxy) is 1. The molecule has 1 aromatic carbocycles. The Morgan fingerprint density at radius 1 is 1.18 bits per heavy atom. The second kappa shape index (κ2) is 10.8. The number of halogens is 3. The lowest BCUT2D eigenvalue weighted by molar-refractivity contribution is -0.0498. The van der Waals surface area contributed by atoms with Crippen molar-refractivity contribution in [3.8, 4) is 5.75 Å². The smallest absolute Gasteiger partial charge is 0.387 e. The van der Waals surface area contributed by atoms with E-state index >= 15 is 0 Å². The minimum absolute atomic E-state index is 0.0341. The van der Waals surface area contributed by atoms with Crippen LogP contribution in [-0.4, -0.2) is 28.4 Å². The summed E-state index contributed by atoms with van der Waals surface area (Å²) in [5, 5.41) is 6.59. The lowest BCUT2D eigenvalue weighted by Gasteiger charge is -2.11. The third-order valence-electron chi connectivity index (χ3n) is 4.53. The number of nitrogens with two attached hydrogens (primary N) is 1. The van der Waals surface area contributed by atoms with Crippen molar-refractivity contribution in [1.29, 1.82) is 0 Å². The van der Waals surface area contributed by atoms with E-state index in [9.17, 15) is 22.8 Å². The number of nitrogens with zero attached hydrogens (tertiary/aromatic N) is 2. The Balaban J connectivity index is 1.58. The zero-order valence-corrected chi connectivity index (χ0v) is 18.2. The second-order valence-corrected chi connectivity index (χ2v) is 7.64. The molecule has 174 valence electrons. The van der Waals surface area contributed by atoms with Gasteiger partial charge in [0.05, 0.1) is 11.3 Å². The van der Waals surface area contributed by atoms with Crippen LogP contribution in [0.3, 0.4) is 0 Å². The lowest BCUT2D eigenvalue weighted by Crippen LogP contribution is -2.25. The Morgan fingerprint density at radius 2 is 1.94 bits per heavy atom. The summed E-state index contributed by atoms with van der Waals surface area (Å²) in [6, 6.07) is 5.56. The molecule has 3 rings (SSSR count). The Labute approximate surface area is 191 Å². The summed E-state index contributed by atoms with van der Waals surface area (Å²) < 4.78 is 43.6. The number of thiophene rings is 1. The number of aryl methyl sites for hydroxylation is 1. The first-order valence-corrected chi connectivity index (χ1v) is 10.6. The summed E-state index contributed by atoms with van der Waals surface area (Å²) in [6.07, 6.45) is 1.83. The summed E-state index contributed by atoms with van der Waals surface area (Å²) in [5.41, 5.74) is 7.01. The molecule has 0 spiro atoms. The van der Waals surface area contributed by atoms with Crippen LogP contribution in [0.5, 0.6) is 5.75 Å². The van der Waals surface area contributed by atoms with E-state index in [-0.39, 0.29) is 40.8 Å². The van der Waals surface area contributed by atoms with Crippen molar-refractivity contribution in [3.63, 3.8) is 0 Å². The van der Waals surface area contributed by atoms with Gasteiger partial charge in [0.2, 0.25) is 5.95 Å². The van der Waals surface area contributed by atoms with E-state index in [1.54, 1.807) is 6.07 Å². The maximum atomic E-state index is 14.5. The van der Waals surface area contributed by atoms with Gasteiger partial charge in [0, 0.05) is 24.8 Å². The van der Waals surface area contributed by atoms with Crippen LogP contribution < -0.4 is 21.1 Å². The predicted octanol–water partition coefficient (Wildman–Crippen LogP) is 3.28. The average Bonchev–Trinajstić information content (AvgIpc) is 3.24. The fourth-order valence-corrected chi connectivity index (χ4v) is 3.66. The first-order valence-electron chi connectivity index (χ1n) is 9.75. The van der Waals surface area contributed by atoms with Crippen molar-refractivity contribution in [2.45, 2.75) is 33.0 Å². The number of nitrogens with one attached hydrogen (secondary N) is 2. The van der Waals surface area contributed by atoms with E-state index in [2.05, 4.69) is 25.3 Å². The fourth-order valence-electron chi connectivity index (χ4n) is 2.92. The molecule has 2 heterocycles. The quantitative estimate of drug-likeness (QED) is 0.433. The molecule has 0 aliphatic heterocycles. The highest BCUT2D eigenvalue weighted by molar-refractivity contribution is 7.12. The standard InChI is InChI=1S/C21H20F3N5O3S/c1-2-15-13(10-28-21(25)29-15)18(30)26-8-11-3-4-12(14(22)7-11)9-27-19(31)17-16(5-6-33-17)32-20(23)24/h3-7,10,20H,2,8-9H2,1H3,(H,26,30)(H,27,31)(H2,25,28,29). The van der Waals surface area contributed by atoms with E-state index in [1.165, 1.54) is 29.8 Å². The molecular weight excluding hydrogens is 459 g/mol. The van der Waals surface area contributed by atoms with Crippen molar-refractivity contribution in [2.75, 3.05) is 5.73 Å². The predicted molar refractivity (Wildman–Crippen MR) is 116 cm³/mol. The number of benzene rings is 1. The molecule has 2 aromatic heterocycles. The van der Waals surface area contributed by atoms with Gasteiger partial charge in [-0.1, -0.05) is 19.1 Å². The summed E-state index contributed by atoms with van der Waals surface area (Å²) in [5.74, 6) is -1.83. The summed E-state index contributed by atoms with van der Waals surface area (Å²) >= 11 is 0.932. The fraction of sp³-hybridized carbons (Fsp3) is 0.238. The van der Waals surface area contributed by atoms with Crippen LogP contribution in [0.4, 0.5) is 19.1 Å². The minimum Gasteiger partial charge on any atom is -0.433 e. The van der Waals surface area contributed by atoms with Crippen LogP contribution >= 0.6 is 11.3 Å². The summed E-state index contributed by atoms with van der Waals surface area (Å²) in [7, 11) is 0. The number of nitrogen functional groups attached to an aromatic ring is 1. The van der Waals surface area contributed by atoms with Crippen molar-refractivity contribution in [1.82, 2.24) is 20.6 Å². The molecule has 0 aliphatic carbocycles. The van der Waals surface area contributed by atoms with Gasteiger partial charge in [-0.2, -0.15) is 8.78 Å². The van der Waals surface area contributed by atoms with E-state index in [4.69, 9.17) is 5.73 Å².